The zero-order valence-electron chi connectivity index (χ0n) is 8.94. The highest BCUT2D eigenvalue weighted by Crippen LogP contribution is 2.18. The van der Waals surface area contributed by atoms with Gasteiger partial charge in [0.1, 0.15) is 5.82 Å². The molecule has 7 heteroatoms. The molecule has 0 aliphatic carbocycles. The molecule has 1 aliphatic heterocycles. The molecule has 90 valence electrons. The lowest BCUT2D eigenvalue weighted by atomic mass is 10.2. The number of nitrogens with one attached hydrogen (secondary N) is 1. The van der Waals surface area contributed by atoms with Crippen molar-refractivity contribution in [2.24, 2.45) is 0 Å². The minimum atomic E-state index is -0.388. The molecule has 1 aromatic rings. The van der Waals surface area contributed by atoms with E-state index < -0.39 is 0 Å². The molecule has 0 radical (unpaired) electrons. The van der Waals surface area contributed by atoms with Gasteiger partial charge in [0.15, 0.2) is 0 Å². The fourth-order valence-corrected chi connectivity index (χ4v) is 1.95. The number of hydrogen-bond acceptors (Lipinski definition) is 4. The van der Waals surface area contributed by atoms with E-state index in [0.29, 0.717) is 25.3 Å². The number of nitrogen functional groups attached to an aromatic ring is 1. The molecule has 1 aliphatic rings. The van der Waals surface area contributed by atoms with Gasteiger partial charge in [-0.1, -0.05) is 0 Å². The summed E-state index contributed by atoms with van der Waals surface area (Å²) >= 11 is 3.29. The number of nitrogens with two attached hydrogens (primary N) is 1. The summed E-state index contributed by atoms with van der Waals surface area (Å²) in [6.45, 7) is 0.744. The number of carbonyl (C=O) groups excluding carboxylic acids is 2. The van der Waals surface area contributed by atoms with Gasteiger partial charge in [0.05, 0.1) is 6.54 Å². The third-order valence-corrected chi connectivity index (χ3v) is 2.91. The summed E-state index contributed by atoms with van der Waals surface area (Å²) in [4.78, 5) is 28.0. The Morgan fingerprint density at radius 3 is 3.00 bits per heavy atom. The molecule has 0 saturated carbocycles. The van der Waals surface area contributed by atoms with Crippen LogP contribution in [0.4, 0.5) is 10.6 Å². The molecule has 2 rings (SSSR count). The molecule has 2 heterocycles. The smallest absolute Gasteiger partial charge is 0.324 e. The summed E-state index contributed by atoms with van der Waals surface area (Å²) in [5, 5.41) is 2.26. The van der Waals surface area contributed by atoms with Crippen LogP contribution < -0.4 is 11.1 Å². The predicted molar refractivity (Wildman–Crippen MR) is 64.9 cm³/mol. The normalized spacial score (nSPS) is 15.9. The summed E-state index contributed by atoms with van der Waals surface area (Å²) < 4.78 is 0.801. The molecular formula is C10H11BrN4O2. The zero-order chi connectivity index (χ0) is 12.4. The van der Waals surface area contributed by atoms with Gasteiger partial charge in [-0.3, -0.25) is 10.1 Å². The molecule has 6 nitrogen and oxygen atoms in total. The van der Waals surface area contributed by atoms with Crippen LogP contribution in [-0.2, 0) is 11.3 Å². The number of halogens is 1. The average Bonchev–Trinajstić information content (AvgIpc) is 2.27. The van der Waals surface area contributed by atoms with Crippen LogP contribution in [0.1, 0.15) is 12.0 Å². The quantitative estimate of drug-likeness (QED) is 0.848. The van der Waals surface area contributed by atoms with Crippen molar-refractivity contribution in [1.82, 2.24) is 15.2 Å². The number of imide groups is 1. The molecule has 1 aromatic heterocycles. The summed E-state index contributed by atoms with van der Waals surface area (Å²) in [5.74, 6) is 0.143. The Morgan fingerprint density at radius 2 is 2.29 bits per heavy atom. The molecule has 3 N–H and O–H groups in total. The van der Waals surface area contributed by atoms with Crippen molar-refractivity contribution in [3.63, 3.8) is 0 Å². The number of hydrogen-bond donors (Lipinski definition) is 2. The Balaban J connectivity index is 2.13. The highest BCUT2D eigenvalue weighted by atomic mass is 79.9. The van der Waals surface area contributed by atoms with Gasteiger partial charge in [0, 0.05) is 29.2 Å². The van der Waals surface area contributed by atoms with E-state index in [2.05, 4.69) is 26.2 Å². The third-order valence-electron chi connectivity index (χ3n) is 2.47. The Labute approximate surface area is 106 Å². The van der Waals surface area contributed by atoms with Crippen molar-refractivity contribution in [1.29, 1.82) is 0 Å². The maximum atomic E-state index is 11.5. The molecule has 3 amide bonds. The lowest BCUT2D eigenvalue weighted by molar-refractivity contribution is -0.121. The second-order valence-corrected chi connectivity index (χ2v) is 4.64. The second kappa shape index (κ2) is 4.70. The predicted octanol–water partition coefficient (Wildman–Crippen LogP) is 0.868. The molecule has 0 spiro atoms. The van der Waals surface area contributed by atoms with E-state index in [-0.39, 0.29) is 11.9 Å². The van der Waals surface area contributed by atoms with Crippen LogP contribution in [0.25, 0.3) is 0 Å². The minimum absolute atomic E-state index is 0.244. The van der Waals surface area contributed by atoms with Crippen molar-refractivity contribution >= 4 is 33.7 Å². The van der Waals surface area contributed by atoms with Gasteiger partial charge in [-0.25, -0.2) is 9.78 Å². The molecule has 1 saturated heterocycles. The summed E-state index contributed by atoms with van der Waals surface area (Å²) in [6, 6.07) is 1.42. The van der Waals surface area contributed by atoms with Gasteiger partial charge < -0.3 is 10.6 Å². The maximum absolute atomic E-state index is 11.5. The van der Waals surface area contributed by atoms with Gasteiger partial charge >= 0.3 is 6.03 Å². The van der Waals surface area contributed by atoms with Gasteiger partial charge in [0.25, 0.3) is 0 Å². The standard InChI is InChI=1S/C10H11BrN4O2/c11-7-3-6(9(12)13-4-7)5-15-2-1-8(16)14-10(15)17/h3-4H,1-2,5H2,(H2,12,13)(H,14,16,17). The van der Waals surface area contributed by atoms with Crippen LogP contribution in [0.3, 0.4) is 0 Å². The fraction of sp³-hybridized carbons (Fsp3) is 0.300. The Kier molecular flexibility index (Phi) is 3.28. The summed E-state index contributed by atoms with van der Waals surface area (Å²) in [7, 11) is 0. The zero-order valence-corrected chi connectivity index (χ0v) is 10.5. The highest BCUT2D eigenvalue weighted by molar-refractivity contribution is 9.10. The number of nitrogens with zero attached hydrogens (tertiary/aromatic N) is 2. The van der Waals surface area contributed by atoms with Crippen LogP contribution in [0.15, 0.2) is 16.7 Å². The number of urea groups is 1. The van der Waals surface area contributed by atoms with E-state index in [0.717, 1.165) is 10.0 Å². The first-order chi connectivity index (χ1) is 8.06. The van der Waals surface area contributed by atoms with Crippen molar-refractivity contribution in [3.05, 3.63) is 22.3 Å². The van der Waals surface area contributed by atoms with Crippen LogP contribution >= 0.6 is 15.9 Å². The van der Waals surface area contributed by atoms with E-state index in [4.69, 9.17) is 5.73 Å². The minimum Gasteiger partial charge on any atom is -0.383 e. The van der Waals surface area contributed by atoms with Crippen molar-refractivity contribution in [3.8, 4) is 0 Å². The lowest BCUT2D eigenvalue weighted by Gasteiger charge is -2.26. The number of carbonyl (C=O) groups is 2. The highest BCUT2D eigenvalue weighted by Gasteiger charge is 2.23. The number of pyridine rings is 1. The van der Waals surface area contributed by atoms with Gasteiger partial charge in [-0.2, -0.15) is 0 Å². The molecule has 0 bridgehead atoms. The van der Waals surface area contributed by atoms with Crippen LogP contribution in [0.5, 0.6) is 0 Å². The molecule has 0 unspecified atom stereocenters. The molecule has 17 heavy (non-hydrogen) atoms. The van der Waals surface area contributed by atoms with Crippen molar-refractivity contribution in [2.75, 3.05) is 12.3 Å². The number of aromatic nitrogens is 1. The average molecular weight is 299 g/mol. The Morgan fingerprint density at radius 1 is 1.53 bits per heavy atom. The first-order valence-electron chi connectivity index (χ1n) is 5.05. The van der Waals surface area contributed by atoms with Crippen molar-refractivity contribution in [2.45, 2.75) is 13.0 Å². The van der Waals surface area contributed by atoms with Crippen LogP contribution in [0.2, 0.25) is 0 Å². The first-order valence-corrected chi connectivity index (χ1v) is 5.84. The van der Waals surface area contributed by atoms with Crippen molar-refractivity contribution < 1.29 is 9.59 Å². The summed E-state index contributed by atoms with van der Waals surface area (Å²) in [5.41, 5.74) is 6.48. The number of amides is 3. The SMILES string of the molecule is Nc1ncc(Br)cc1CN1CCC(=O)NC1=O. The fourth-order valence-electron chi connectivity index (χ4n) is 1.57. The van der Waals surface area contributed by atoms with E-state index in [1.54, 1.807) is 6.20 Å². The lowest BCUT2D eigenvalue weighted by Crippen LogP contribution is -2.48. The largest absolute Gasteiger partial charge is 0.383 e. The second-order valence-electron chi connectivity index (χ2n) is 3.72. The van der Waals surface area contributed by atoms with Gasteiger partial charge in [-0.05, 0) is 22.0 Å². The van der Waals surface area contributed by atoms with Crippen LogP contribution in [0, 0.1) is 0 Å². The Bertz CT molecular complexity index is 477. The van der Waals surface area contributed by atoms with Gasteiger partial charge in [0.2, 0.25) is 5.91 Å². The molecule has 0 aromatic carbocycles. The monoisotopic (exact) mass is 298 g/mol. The van der Waals surface area contributed by atoms with E-state index in [1.807, 2.05) is 6.07 Å². The molecular weight excluding hydrogens is 288 g/mol. The third kappa shape index (κ3) is 2.73. The van der Waals surface area contributed by atoms with Crippen LogP contribution in [-0.4, -0.2) is 28.4 Å². The maximum Gasteiger partial charge on any atom is 0.324 e. The number of anilines is 1. The van der Waals surface area contributed by atoms with E-state index in [9.17, 15) is 9.59 Å². The van der Waals surface area contributed by atoms with Gasteiger partial charge in [-0.15, -0.1) is 0 Å². The number of rotatable bonds is 2. The topological polar surface area (TPSA) is 88.3 Å². The summed E-state index contributed by atoms with van der Waals surface area (Å²) in [6.07, 6.45) is 1.91. The van der Waals surface area contributed by atoms with E-state index in [1.165, 1.54) is 4.90 Å². The Hall–Kier alpha value is -1.63. The molecule has 0 atom stereocenters. The molecule has 1 fully saturated rings. The first kappa shape index (κ1) is 11.8. The van der Waals surface area contributed by atoms with E-state index >= 15 is 0 Å².